The van der Waals surface area contributed by atoms with Crippen LogP contribution in [0.3, 0.4) is 0 Å². The number of anilines is 4. The monoisotopic (exact) mass is 1060 g/mol. The molecule has 0 spiro atoms. The summed E-state index contributed by atoms with van der Waals surface area (Å²) >= 11 is 0. The van der Waals surface area contributed by atoms with Gasteiger partial charge in [0, 0.05) is 62.4 Å². The Morgan fingerprint density at radius 1 is 0.662 bits per heavy atom. The number of hydrogen-bond acceptors (Lipinski definition) is 19. The SMILES string of the molecule is CC(C)(C)c1noc(C(=O)O)n1.Cl.Cn1ccc(Nc2ncnc(-c3ccc(CCC(=O)c4nc(C(C)(C)C)no4)c(C(F)F)c3F)n2)n1.Cn1ccc(Nc2ncnc(-c3ccc(CN)c(C(F)F)c3F)n2)n1. The number of benzene rings is 2. The first-order valence-electron chi connectivity index (χ1n) is 21.7. The van der Waals surface area contributed by atoms with Crippen molar-refractivity contribution in [1.82, 2.24) is 69.7 Å². The summed E-state index contributed by atoms with van der Waals surface area (Å²) in [6.45, 7) is 11.0. The average molecular weight is 1060 g/mol. The number of nitrogens with zero attached hydrogens (tertiary/aromatic N) is 14. The Balaban J connectivity index is 0.000000230. The zero-order chi connectivity index (χ0) is 53.4. The highest BCUT2D eigenvalue weighted by Gasteiger charge is 2.28. The van der Waals surface area contributed by atoms with E-state index in [4.69, 9.17) is 15.4 Å². The predicted molar refractivity (Wildman–Crippen MR) is 254 cm³/mol. The van der Waals surface area contributed by atoms with Gasteiger partial charge in [0.2, 0.25) is 17.7 Å². The smallest absolute Gasteiger partial charge is 0.394 e. The number of nitrogens with one attached hydrogen (secondary N) is 2. The minimum absolute atomic E-state index is 0. The van der Waals surface area contributed by atoms with Crippen molar-refractivity contribution in [1.29, 1.82) is 0 Å². The quantitative estimate of drug-likeness (QED) is 0.0585. The average Bonchev–Trinajstić information content (AvgIpc) is 4.17. The largest absolute Gasteiger partial charge is 0.474 e. The van der Waals surface area contributed by atoms with Crippen molar-refractivity contribution in [2.24, 2.45) is 19.8 Å². The number of nitrogens with two attached hydrogens (primary N) is 1. The Hall–Kier alpha value is -8.27. The molecular weight excluding hydrogens is 1010 g/mol. The number of aromatic nitrogens is 14. The van der Waals surface area contributed by atoms with Crippen LogP contribution in [0.15, 0.2) is 70.5 Å². The summed E-state index contributed by atoms with van der Waals surface area (Å²) in [5.74, 6) is -2.90. The first-order valence-corrected chi connectivity index (χ1v) is 21.7. The minimum Gasteiger partial charge on any atom is -0.474 e. The molecular formula is C45H48ClF6N17O5. The zero-order valence-electron chi connectivity index (χ0n) is 40.6. The highest BCUT2D eigenvalue weighted by atomic mass is 35.5. The molecule has 22 nitrogen and oxygen atoms in total. The summed E-state index contributed by atoms with van der Waals surface area (Å²) in [5, 5.41) is 29.7. The van der Waals surface area contributed by atoms with Crippen LogP contribution in [0, 0.1) is 11.6 Å². The van der Waals surface area contributed by atoms with Gasteiger partial charge in [-0.15, -0.1) is 12.4 Å². The normalized spacial score (nSPS) is 11.4. The second kappa shape index (κ2) is 24.0. The Morgan fingerprint density at radius 3 is 1.47 bits per heavy atom. The van der Waals surface area contributed by atoms with Crippen LogP contribution < -0.4 is 16.4 Å². The number of carboxylic acids is 1. The molecule has 0 bridgehead atoms. The third-order valence-corrected chi connectivity index (χ3v) is 9.97. The lowest BCUT2D eigenvalue weighted by molar-refractivity contribution is 0.0643. The Bertz CT molecular complexity index is 3210. The maximum absolute atomic E-state index is 15.3. The number of aromatic carboxylic acids is 1. The van der Waals surface area contributed by atoms with E-state index >= 15 is 4.39 Å². The number of Topliss-reactive ketones (excluding diaryl/α,β-unsaturated/α-hetero) is 1. The van der Waals surface area contributed by atoms with Crippen molar-refractivity contribution in [2.45, 2.75) is 84.6 Å². The molecule has 392 valence electrons. The van der Waals surface area contributed by atoms with Gasteiger partial charge in [0.1, 0.15) is 24.3 Å². The lowest BCUT2D eigenvalue weighted by Crippen LogP contribution is -2.14. The van der Waals surface area contributed by atoms with Gasteiger partial charge in [-0.1, -0.05) is 64.0 Å². The van der Waals surface area contributed by atoms with E-state index < -0.39 is 52.8 Å². The fraction of sp³-hybridized carbons (Fsp3) is 0.333. The summed E-state index contributed by atoms with van der Waals surface area (Å²) in [6.07, 6.45) is -0.773. The topological polar surface area (TPSA) is 295 Å². The second-order valence-electron chi connectivity index (χ2n) is 17.6. The van der Waals surface area contributed by atoms with Crippen LogP contribution >= 0.6 is 12.4 Å². The van der Waals surface area contributed by atoms with Gasteiger partial charge in [0.15, 0.2) is 34.9 Å². The predicted octanol–water partition coefficient (Wildman–Crippen LogP) is 8.63. The number of rotatable bonds is 14. The van der Waals surface area contributed by atoms with Crippen LogP contribution in [0.1, 0.15) is 116 Å². The van der Waals surface area contributed by atoms with E-state index in [2.05, 4.69) is 75.5 Å². The number of ketones is 1. The molecule has 0 aliphatic carbocycles. The van der Waals surface area contributed by atoms with Crippen LogP contribution in [0.25, 0.3) is 22.8 Å². The van der Waals surface area contributed by atoms with Crippen molar-refractivity contribution in [3.8, 4) is 22.8 Å². The van der Waals surface area contributed by atoms with E-state index in [1.54, 1.807) is 48.0 Å². The van der Waals surface area contributed by atoms with E-state index in [0.717, 1.165) is 12.7 Å². The molecule has 0 aliphatic heterocycles. The fourth-order valence-electron chi connectivity index (χ4n) is 6.26. The Labute approximate surface area is 423 Å². The highest BCUT2D eigenvalue weighted by Crippen LogP contribution is 2.34. The molecule has 0 saturated heterocycles. The maximum Gasteiger partial charge on any atom is 0.394 e. The number of carbonyl (C=O) groups excluding carboxylic acids is 1. The van der Waals surface area contributed by atoms with E-state index in [0.29, 0.717) is 23.3 Å². The van der Waals surface area contributed by atoms with Gasteiger partial charge in [-0.05, 0) is 29.7 Å². The van der Waals surface area contributed by atoms with Crippen molar-refractivity contribution in [3.05, 3.63) is 119 Å². The first-order chi connectivity index (χ1) is 34.4. The van der Waals surface area contributed by atoms with Gasteiger partial charge in [-0.3, -0.25) is 14.2 Å². The van der Waals surface area contributed by atoms with Crippen LogP contribution in [0.5, 0.6) is 0 Å². The standard InChI is InChI=1S/C23H23F3N8O2.C15H14F3N7.C7H10N2O3.ClH/c1-23(2,3)21-31-20(36-33-21)14(35)8-6-12-5-7-13(17(24)16(12)18(25)26)19-27-11-28-22(30-19)29-15-9-10-34(4)32-15;1-25-5-4-10(24-25)22-15-21-7-20-14(23-15)9-3-2-8(6-19)11(12(9)16)13(17)18;1-7(2,3)6-8-4(5(10)11)12-9-6;/h5,7,9-11,18H,6,8H2,1-4H3,(H,27,28,29,30,32);2-5,7,13H,6,19H2,1H3,(H,20,21,22,23,24);1-3H3,(H,10,11);1H. The molecule has 6 heterocycles. The van der Waals surface area contributed by atoms with Crippen LogP contribution in [0.2, 0.25) is 0 Å². The van der Waals surface area contributed by atoms with Gasteiger partial charge >= 0.3 is 11.9 Å². The Kier molecular flexibility index (Phi) is 18.3. The molecule has 6 aromatic heterocycles. The number of alkyl halides is 4. The highest BCUT2D eigenvalue weighted by molar-refractivity contribution is 5.91. The molecule has 8 rings (SSSR count). The molecule has 74 heavy (non-hydrogen) atoms. The summed E-state index contributed by atoms with van der Waals surface area (Å²) in [7, 11) is 3.47. The van der Waals surface area contributed by atoms with E-state index in [-0.39, 0.29) is 94.8 Å². The molecule has 5 N–H and O–H groups in total. The van der Waals surface area contributed by atoms with Crippen LogP contribution in [-0.4, -0.2) is 86.6 Å². The van der Waals surface area contributed by atoms with E-state index in [1.165, 1.54) is 24.3 Å². The van der Waals surface area contributed by atoms with Crippen molar-refractivity contribution >= 4 is 47.7 Å². The lowest BCUT2D eigenvalue weighted by Gasteiger charge is -2.13. The molecule has 8 aromatic rings. The van der Waals surface area contributed by atoms with Crippen molar-refractivity contribution in [3.63, 3.8) is 0 Å². The van der Waals surface area contributed by atoms with Crippen molar-refractivity contribution < 1.29 is 50.1 Å². The van der Waals surface area contributed by atoms with Gasteiger partial charge < -0.3 is 30.5 Å². The molecule has 0 radical (unpaired) electrons. The third kappa shape index (κ3) is 14.2. The molecule has 0 aliphatic rings. The van der Waals surface area contributed by atoms with Crippen LogP contribution in [0.4, 0.5) is 49.9 Å². The second-order valence-corrected chi connectivity index (χ2v) is 17.6. The molecule has 0 saturated carbocycles. The van der Waals surface area contributed by atoms with Gasteiger partial charge in [0.25, 0.3) is 18.7 Å². The molecule has 0 fully saturated rings. The zero-order valence-corrected chi connectivity index (χ0v) is 41.5. The third-order valence-electron chi connectivity index (χ3n) is 9.97. The molecule has 2 aromatic carbocycles. The molecule has 0 amide bonds. The maximum atomic E-state index is 15.3. The Morgan fingerprint density at radius 2 is 1.09 bits per heavy atom. The molecule has 29 heteroatoms. The van der Waals surface area contributed by atoms with Gasteiger partial charge in [-0.2, -0.15) is 30.1 Å². The van der Waals surface area contributed by atoms with E-state index in [9.17, 15) is 31.5 Å². The minimum atomic E-state index is -3.13. The molecule has 0 atom stereocenters. The van der Waals surface area contributed by atoms with E-state index in [1.807, 2.05) is 41.5 Å². The molecule has 0 unspecified atom stereocenters. The number of halogens is 7. The van der Waals surface area contributed by atoms with Crippen LogP contribution in [-0.2, 0) is 37.9 Å². The van der Waals surface area contributed by atoms with Crippen molar-refractivity contribution in [2.75, 3.05) is 10.6 Å². The number of carbonyl (C=O) groups is 2. The van der Waals surface area contributed by atoms with Gasteiger partial charge in [0.05, 0.1) is 22.3 Å². The number of hydrogen-bond donors (Lipinski definition) is 4. The fourth-order valence-corrected chi connectivity index (χ4v) is 6.26. The summed E-state index contributed by atoms with van der Waals surface area (Å²) in [6, 6.07) is 8.66. The number of carboxylic acid groups (broad SMARTS) is 1. The summed E-state index contributed by atoms with van der Waals surface area (Å²) < 4.78 is 96.6. The lowest BCUT2D eigenvalue weighted by atomic mass is 9.96. The van der Waals surface area contributed by atoms with Gasteiger partial charge in [-0.25, -0.2) is 51.1 Å². The summed E-state index contributed by atoms with van der Waals surface area (Å²) in [4.78, 5) is 54.5. The number of aryl methyl sites for hydroxylation is 3. The first kappa shape index (κ1) is 56.6. The summed E-state index contributed by atoms with van der Waals surface area (Å²) in [5.41, 5.74) is 2.78.